The van der Waals surface area contributed by atoms with E-state index in [1.165, 1.54) is 40.4 Å². The Bertz CT molecular complexity index is 1230. The Morgan fingerprint density at radius 3 is 2.93 bits per heavy atom. The van der Waals surface area contributed by atoms with Crippen molar-refractivity contribution in [2.45, 2.75) is 37.6 Å². The second kappa shape index (κ2) is 7.76. The number of anilines is 1. The van der Waals surface area contributed by atoms with E-state index in [2.05, 4.69) is 39.6 Å². The molecule has 0 aliphatic heterocycles. The zero-order valence-corrected chi connectivity index (χ0v) is 17.8. The number of carbonyl (C=O) groups is 1. The van der Waals surface area contributed by atoms with Crippen LogP contribution in [0, 0.1) is 6.92 Å². The molecule has 0 radical (unpaired) electrons. The maximum absolute atomic E-state index is 12.8. The van der Waals surface area contributed by atoms with Crippen molar-refractivity contribution in [3.63, 3.8) is 0 Å². The second-order valence-electron chi connectivity index (χ2n) is 7.39. The van der Waals surface area contributed by atoms with Gasteiger partial charge in [0, 0.05) is 15.6 Å². The molecular weight excluding hydrogens is 398 g/mol. The smallest absolute Gasteiger partial charge is 0.234 e. The maximum Gasteiger partial charge on any atom is 0.234 e. The van der Waals surface area contributed by atoms with E-state index in [4.69, 9.17) is 0 Å². The van der Waals surface area contributed by atoms with Crippen LogP contribution in [0.1, 0.15) is 28.8 Å². The number of aromatic nitrogens is 2. The molecule has 0 saturated heterocycles. The molecule has 2 aromatic heterocycles. The van der Waals surface area contributed by atoms with E-state index >= 15 is 0 Å². The zero-order chi connectivity index (χ0) is 19.8. The van der Waals surface area contributed by atoms with E-state index in [9.17, 15) is 4.79 Å². The molecule has 2 aromatic carbocycles. The molecule has 0 unspecified atom stereocenters. The highest BCUT2D eigenvalue weighted by atomic mass is 32.2. The lowest BCUT2D eigenvalue weighted by Gasteiger charge is -2.13. The maximum atomic E-state index is 12.8. The summed E-state index contributed by atoms with van der Waals surface area (Å²) in [5, 5.41) is 7.43. The first-order valence-electron chi connectivity index (χ1n) is 9.87. The fraction of sp³-hybridized carbons (Fsp3) is 0.261. The fourth-order valence-electron chi connectivity index (χ4n) is 4.03. The molecular formula is C23H21N3OS2. The van der Waals surface area contributed by atoms with Gasteiger partial charge in [-0.2, -0.15) is 0 Å². The zero-order valence-electron chi connectivity index (χ0n) is 16.2. The summed E-state index contributed by atoms with van der Waals surface area (Å²) < 4.78 is 0. The molecule has 1 aliphatic rings. The molecule has 1 N–H and O–H groups in total. The van der Waals surface area contributed by atoms with Gasteiger partial charge in [0.05, 0.1) is 11.4 Å². The number of amides is 1. The first kappa shape index (κ1) is 18.6. The van der Waals surface area contributed by atoms with Crippen molar-refractivity contribution < 1.29 is 4.79 Å². The molecule has 146 valence electrons. The van der Waals surface area contributed by atoms with Gasteiger partial charge in [0.2, 0.25) is 5.91 Å². The van der Waals surface area contributed by atoms with E-state index in [-0.39, 0.29) is 5.91 Å². The molecule has 0 saturated carbocycles. The summed E-state index contributed by atoms with van der Waals surface area (Å²) in [7, 11) is 0. The van der Waals surface area contributed by atoms with Gasteiger partial charge in [0.1, 0.15) is 16.2 Å². The van der Waals surface area contributed by atoms with Crippen LogP contribution in [-0.2, 0) is 17.6 Å². The van der Waals surface area contributed by atoms with Gasteiger partial charge in [-0.25, -0.2) is 9.97 Å². The third-order valence-electron chi connectivity index (χ3n) is 5.46. The molecule has 6 heteroatoms. The monoisotopic (exact) mass is 419 g/mol. The fourth-order valence-corrected chi connectivity index (χ4v) is 6.15. The average Bonchev–Trinajstić information content (AvgIpc) is 3.13. The van der Waals surface area contributed by atoms with E-state index in [1.54, 1.807) is 17.7 Å². The van der Waals surface area contributed by atoms with Gasteiger partial charge >= 0.3 is 0 Å². The summed E-state index contributed by atoms with van der Waals surface area (Å²) in [6.45, 7) is 2.03. The highest BCUT2D eigenvalue weighted by Gasteiger charge is 2.20. The standard InChI is InChI=1S/C23H21N3OS2/c1-14-10-11-15-6-2-3-7-16(15)21(14)26-19(27)12-28-22-20-17-8-4-5-9-18(17)29-23(20)25-13-24-22/h2-3,6-7,10-11,13H,4-5,8-9,12H2,1H3,(H,26,27). The molecule has 0 fully saturated rings. The first-order chi connectivity index (χ1) is 14.2. The Morgan fingerprint density at radius 1 is 1.14 bits per heavy atom. The molecule has 29 heavy (non-hydrogen) atoms. The molecule has 4 nitrogen and oxygen atoms in total. The summed E-state index contributed by atoms with van der Waals surface area (Å²) >= 11 is 3.30. The van der Waals surface area contributed by atoms with Crippen LogP contribution in [0.3, 0.4) is 0 Å². The van der Waals surface area contributed by atoms with Crippen LogP contribution in [-0.4, -0.2) is 21.6 Å². The van der Waals surface area contributed by atoms with Crippen molar-refractivity contribution in [2.24, 2.45) is 0 Å². The van der Waals surface area contributed by atoms with Crippen molar-refractivity contribution in [3.05, 3.63) is 58.7 Å². The van der Waals surface area contributed by atoms with Crippen LogP contribution in [0.4, 0.5) is 5.69 Å². The van der Waals surface area contributed by atoms with Gasteiger partial charge in [0.25, 0.3) is 0 Å². The number of nitrogens with zero attached hydrogens (tertiary/aromatic N) is 2. The first-order valence-corrected chi connectivity index (χ1v) is 11.7. The predicted octanol–water partition coefficient (Wildman–Crippen LogP) is 5.76. The molecule has 5 rings (SSSR count). The van der Waals surface area contributed by atoms with Crippen molar-refractivity contribution in [3.8, 4) is 0 Å². The number of hydrogen-bond acceptors (Lipinski definition) is 5. The number of thioether (sulfide) groups is 1. The number of aryl methyl sites for hydroxylation is 3. The van der Waals surface area contributed by atoms with Crippen LogP contribution in [0.25, 0.3) is 21.0 Å². The highest BCUT2D eigenvalue weighted by Crippen LogP contribution is 2.39. The molecule has 1 aliphatic carbocycles. The minimum absolute atomic E-state index is 0.00897. The van der Waals surface area contributed by atoms with Crippen LogP contribution in [0.15, 0.2) is 47.8 Å². The van der Waals surface area contributed by atoms with Gasteiger partial charge in [-0.05, 0) is 49.1 Å². The summed E-state index contributed by atoms with van der Waals surface area (Å²) in [5.41, 5.74) is 3.37. The van der Waals surface area contributed by atoms with E-state index in [0.29, 0.717) is 5.75 Å². The van der Waals surface area contributed by atoms with Crippen LogP contribution >= 0.6 is 23.1 Å². The lowest BCUT2D eigenvalue weighted by atomic mass is 9.97. The van der Waals surface area contributed by atoms with Gasteiger partial charge < -0.3 is 5.32 Å². The summed E-state index contributed by atoms with van der Waals surface area (Å²) in [6, 6.07) is 12.3. The number of benzene rings is 2. The van der Waals surface area contributed by atoms with Gasteiger partial charge in [-0.15, -0.1) is 11.3 Å². The topological polar surface area (TPSA) is 54.9 Å². The van der Waals surface area contributed by atoms with E-state index < -0.39 is 0 Å². The molecule has 0 atom stereocenters. The quantitative estimate of drug-likeness (QED) is 0.337. The number of thiophene rings is 1. The van der Waals surface area contributed by atoms with Crippen molar-refractivity contribution in [1.82, 2.24) is 9.97 Å². The number of carbonyl (C=O) groups excluding carboxylic acids is 1. The average molecular weight is 420 g/mol. The minimum atomic E-state index is -0.00897. The predicted molar refractivity (Wildman–Crippen MR) is 122 cm³/mol. The molecule has 4 aromatic rings. The normalized spacial score (nSPS) is 13.6. The van der Waals surface area contributed by atoms with Crippen molar-refractivity contribution >= 4 is 55.7 Å². The number of rotatable bonds is 4. The van der Waals surface area contributed by atoms with Gasteiger partial charge in [-0.1, -0.05) is 48.2 Å². The molecule has 2 heterocycles. The third kappa shape index (κ3) is 3.51. The number of hydrogen-bond donors (Lipinski definition) is 1. The van der Waals surface area contributed by atoms with Crippen LogP contribution in [0.5, 0.6) is 0 Å². The van der Waals surface area contributed by atoms with Crippen molar-refractivity contribution in [2.75, 3.05) is 11.1 Å². The summed E-state index contributed by atoms with van der Waals surface area (Å²) in [6.07, 6.45) is 6.33. The van der Waals surface area contributed by atoms with Crippen molar-refractivity contribution in [1.29, 1.82) is 0 Å². The summed E-state index contributed by atoms with van der Waals surface area (Å²) in [4.78, 5) is 24.3. The lowest BCUT2D eigenvalue weighted by Crippen LogP contribution is -2.15. The number of nitrogens with one attached hydrogen (secondary N) is 1. The molecule has 1 amide bonds. The molecule has 0 bridgehead atoms. The Kier molecular flexibility index (Phi) is 4.97. The van der Waals surface area contributed by atoms with Gasteiger partial charge in [-0.3, -0.25) is 4.79 Å². The Labute approximate surface area is 177 Å². The second-order valence-corrected chi connectivity index (χ2v) is 9.43. The minimum Gasteiger partial charge on any atom is -0.325 e. The summed E-state index contributed by atoms with van der Waals surface area (Å²) in [5.74, 6) is 0.324. The van der Waals surface area contributed by atoms with Crippen LogP contribution in [0.2, 0.25) is 0 Å². The van der Waals surface area contributed by atoms with E-state index in [0.717, 1.165) is 44.7 Å². The molecule has 0 spiro atoms. The third-order valence-corrected chi connectivity index (χ3v) is 7.65. The Morgan fingerprint density at radius 2 is 2.00 bits per heavy atom. The highest BCUT2D eigenvalue weighted by molar-refractivity contribution is 8.00. The van der Waals surface area contributed by atoms with Crippen LogP contribution < -0.4 is 5.32 Å². The number of fused-ring (bicyclic) bond motifs is 4. The largest absolute Gasteiger partial charge is 0.325 e. The Balaban J connectivity index is 1.38. The lowest BCUT2D eigenvalue weighted by molar-refractivity contribution is -0.113. The Hall–Kier alpha value is -2.44. The SMILES string of the molecule is Cc1ccc2ccccc2c1NC(=O)CSc1ncnc2sc3c(c12)CCCC3. The van der Waals surface area contributed by atoms with Gasteiger partial charge in [0.15, 0.2) is 0 Å². The van der Waals surface area contributed by atoms with E-state index in [1.807, 2.05) is 19.1 Å².